The Morgan fingerprint density at radius 3 is 2.58 bits per heavy atom. The van der Waals surface area contributed by atoms with Crippen LogP contribution in [0.15, 0.2) is 59.8 Å². The Hall–Kier alpha value is -3.13. The van der Waals surface area contributed by atoms with Gasteiger partial charge in [-0.3, -0.25) is 14.2 Å². The van der Waals surface area contributed by atoms with E-state index in [2.05, 4.69) is 15.5 Å². The van der Waals surface area contributed by atoms with Crippen molar-refractivity contribution in [2.45, 2.75) is 37.8 Å². The monoisotopic (exact) mass is 435 g/mol. The van der Waals surface area contributed by atoms with Crippen molar-refractivity contribution in [1.29, 1.82) is 0 Å². The molecular formula is C23H25N5O2S. The van der Waals surface area contributed by atoms with Gasteiger partial charge in [0, 0.05) is 30.8 Å². The summed E-state index contributed by atoms with van der Waals surface area (Å²) < 4.78 is 2.01. The first-order valence-electron chi connectivity index (χ1n) is 10.4. The summed E-state index contributed by atoms with van der Waals surface area (Å²) in [5.41, 5.74) is 2.48. The maximum atomic E-state index is 12.9. The van der Waals surface area contributed by atoms with E-state index < -0.39 is 0 Å². The third-order valence-electron chi connectivity index (χ3n) is 5.04. The highest BCUT2D eigenvalue weighted by molar-refractivity contribution is 7.99. The van der Waals surface area contributed by atoms with Crippen LogP contribution < -0.4 is 10.2 Å². The summed E-state index contributed by atoms with van der Waals surface area (Å²) in [6.07, 6.45) is 2.18. The lowest BCUT2D eigenvalue weighted by molar-refractivity contribution is -0.116. The molecule has 0 aliphatic heterocycles. The van der Waals surface area contributed by atoms with Crippen LogP contribution in [-0.4, -0.2) is 38.9 Å². The molecule has 1 saturated carbocycles. The maximum absolute atomic E-state index is 12.9. The van der Waals surface area contributed by atoms with Gasteiger partial charge in [-0.05, 0) is 50.1 Å². The van der Waals surface area contributed by atoms with Crippen LogP contribution in [0.2, 0.25) is 0 Å². The average Bonchev–Trinajstić information content (AvgIpc) is 3.52. The summed E-state index contributed by atoms with van der Waals surface area (Å²) in [7, 11) is 0. The molecule has 1 N–H and O–H groups in total. The fraction of sp³-hybridized carbons (Fsp3) is 0.304. The van der Waals surface area contributed by atoms with E-state index in [0.717, 1.165) is 30.0 Å². The second-order valence-electron chi connectivity index (χ2n) is 7.44. The number of anilines is 2. The molecule has 4 rings (SSSR count). The molecule has 1 fully saturated rings. The minimum atomic E-state index is -0.121. The number of nitrogens with zero attached hydrogens (tertiary/aromatic N) is 4. The third kappa shape index (κ3) is 4.96. The van der Waals surface area contributed by atoms with E-state index in [1.54, 1.807) is 4.90 Å². The number of para-hydroxylation sites is 1. The van der Waals surface area contributed by atoms with Crippen molar-refractivity contribution in [3.05, 3.63) is 60.4 Å². The summed E-state index contributed by atoms with van der Waals surface area (Å²) in [6.45, 7) is 4.05. The van der Waals surface area contributed by atoms with Gasteiger partial charge in [0.05, 0.1) is 11.4 Å². The molecule has 8 heteroatoms. The molecular weight excluding hydrogens is 410 g/mol. The van der Waals surface area contributed by atoms with Crippen LogP contribution in [0.25, 0.3) is 5.69 Å². The molecule has 2 aromatic carbocycles. The van der Waals surface area contributed by atoms with Crippen LogP contribution >= 0.6 is 11.8 Å². The van der Waals surface area contributed by atoms with Crippen LogP contribution in [-0.2, 0) is 9.59 Å². The molecule has 0 atom stereocenters. The Balaban J connectivity index is 1.57. The Labute approximate surface area is 185 Å². The number of benzene rings is 2. The van der Waals surface area contributed by atoms with Gasteiger partial charge in [-0.25, -0.2) is 0 Å². The molecule has 1 aromatic heterocycles. The van der Waals surface area contributed by atoms with Crippen molar-refractivity contribution in [3.63, 3.8) is 0 Å². The third-order valence-corrected chi connectivity index (χ3v) is 5.95. The van der Waals surface area contributed by atoms with E-state index in [4.69, 9.17) is 0 Å². The van der Waals surface area contributed by atoms with E-state index >= 15 is 0 Å². The predicted molar refractivity (Wildman–Crippen MR) is 123 cm³/mol. The van der Waals surface area contributed by atoms with Crippen LogP contribution in [0.1, 0.15) is 38.4 Å². The first kappa shape index (κ1) is 21.1. The first-order chi connectivity index (χ1) is 15.1. The molecule has 1 heterocycles. The number of rotatable bonds is 8. The fourth-order valence-electron chi connectivity index (χ4n) is 3.46. The van der Waals surface area contributed by atoms with E-state index in [0.29, 0.717) is 23.3 Å². The lowest BCUT2D eigenvalue weighted by atomic mass is 10.2. The lowest BCUT2D eigenvalue weighted by Crippen LogP contribution is -2.32. The molecule has 0 spiro atoms. The van der Waals surface area contributed by atoms with Gasteiger partial charge >= 0.3 is 0 Å². The number of hydrogen-bond acceptors (Lipinski definition) is 5. The molecule has 3 aromatic rings. The number of nitrogens with one attached hydrogen (secondary N) is 1. The van der Waals surface area contributed by atoms with Crippen molar-refractivity contribution in [2.24, 2.45) is 0 Å². The first-order valence-corrected chi connectivity index (χ1v) is 11.4. The molecule has 0 radical (unpaired) electrons. The topological polar surface area (TPSA) is 80.1 Å². The summed E-state index contributed by atoms with van der Waals surface area (Å²) >= 11 is 1.38. The zero-order chi connectivity index (χ0) is 21.8. The molecule has 1 aliphatic carbocycles. The van der Waals surface area contributed by atoms with E-state index in [-0.39, 0.29) is 17.6 Å². The van der Waals surface area contributed by atoms with Crippen LogP contribution in [0.3, 0.4) is 0 Å². The van der Waals surface area contributed by atoms with Gasteiger partial charge in [-0.1, -0.05) is 36.0 Å². The SMILES string of the molecule is CCN(C(=O)CSc1nnc(C2CC2)n1-c1cccc(NC(C)=O)c1)c1ccccc1. The molecule has 0 unspecified atom stereocenters. The maximum Gasteiger partial charge on any atom is 0.237 e. The minimum Gasteiger partial charge on any atom is -0.326 e. The lowest BCUT2D eigenvalue weighted by Gasteiger charge is -2.20. The van der Waals surface area contributed by atoms with Crippen molar-refractivity contribution in [3.8, 4) is 5.69 Å². The number of carbonyl (C=O) groups excluding carboxylic acids is 2. The van der Waals surface area contributed by atoms with Crippen molar-refractivity contribution in [1.82, 2.24) is 14.8 Å². The predicted octanol–water partition coefficient (Wildman–Crippen LogP) is 4.25. The Morgan fingerprint density at radius 1 is 1.13 bits per heavy atom. The van der Waals surface area contributed by atoms with Gasteiger partial charge in [0.25, 0.3) is 0 Å². The Kier molecular flexibility index (Phi) is 6.36. The van der Waals surface area contributed by atoms with Gasteiger partial charge in [0.2, 0.25) is 11.8 Å². The van der Waals surface area contributed by atoms with Crippen LogP contribution in [0.4, 0.5) is 11.4 Å². The smallest absolute Gasteiger partial charge is 0.237 e. The van der Waals surface area contributed by atoms with E-state index in [9.17, 15) is 9.59 Å². The average molecular weight is 436 g/mol. The Bertz CT molecular complexity index is 1080. The molecule has 31 heavy (non-hydrogen) atoms. The van der Waals surface area contributed by atoms with Gasteiger partial charge < -0.3 is 10.2 Å². The van der Waals surface area contributed by atoms with Crippen molar-refractivity contribution in [2.75, 3.05) is 22.5 Å². The fourth-order valence-corrected chi connectivity index (χ4v) is 4.30. The number of carbonyl (C=O) groups is 2. The van der Waals surface area contributed by atoms with Crippen LogP contribution in [0.5, 0.6) is 0 Å². The summed E-state index contributed by atoms with van der Waals surface area (Å²) in [6, 6.07) is 17.3. The molecule has 160 valence electrons. The van der Waals surface area contributed by atoms with Crippen LogP contribution in [0, 0.1) is 0 Å². The van der Waals surface area contributed by atoms with Gasteiger partial charge in [0.15, 0.2) is 5.16 Å². The molecule has 1 aliphatic rings. The standard InChI is InChI=1S/C23H25N5O2S/c1-3-27(19-9-5-4-6-10-19)21(30)15-31-23-26-25-22(17-12-13-17)28(23)20-11-7-8-18(14-20)24-16(2)29/h4-11,14,17H,3,12-13,15H2,1-2H3,(H,24,29). The summed E-state index contributed by atoms with van der Waals surface area (Å²) in [4.78, 5) is 26.2. The van der Waals surface area contributed by atoms with Crippen molar-refractivity contribution >= 4 is 35.0 Å². The van der Waals surface area contributed by atoms with E-state index in [1.807, 2.05) is 66.1 Å². The zero-order valence-electron chi connectivity index (χ0n) is 17.6. The second-order valence-corrected chi connectivity index (χ2v) is 8.39. The quantitative estimate of drug-likeness (QED) is 0.535. The molecule has 2 amide bonds. The van der Waals surface area contributed by atoms with Gasteiger partial charge in [-0.15, -0.1) is 10.2 Å². The summed E-state index contributed by atoms with van der Waals surface area (Å²) in [5.74, 6) is 1.46. The molecule has 0 bridgehead atoms. The van der Waals surface area contributed by atoms with Crippen molar-refractivity contribution < 1.29 is 9.59 Å². The largest absolute Gasteiger partial charge is 0.326 e. The minimum absolute atomic E-state index is 0.0215. The highest BCUT2D eigenvalue weighted by atomic mass is 32.2. The van der Waals surface area contributed by atoms with Gasteiger partial charge in [-0.2, -0.15) is 0 Å². The van der Waals surface area contributed by atoms with E-state index in [1.165, 1.54) is 18.7 Å². The highest BCUT2D eigenvalue weighted by Gasteiger charge is 2.31. The Morgan fingerprint density at radius 2 is 1.90 bits per heavy atom. The van der Waals surface area contributed by atoms with Gasteiger partial charge in [0.1, 0.15) is 5.82 Å². The zero-order valence-corrected chi connectivity index (χ0v) is 18.4. The number of aromatic nitrogens is 3. The highest BCUT2D eigenvalue weighted by Crippen LogP contribution is 2.41. The second kappa shape index (κ2) is 9.34. The summed E-state index contributed by atoms with van der Waals surface area (Å²) in [5, 5.41) is 12.3. The molecule has 7 nitrogen and oxygen atoms in total. The molecule has 0 saturated heterocycles. The normalized spacial score (nSPS) is 13.1. The number of amides is 2. The number of hydrogen-bond donors (Lipinski definition) is 1. The number of thioether (sulfide) groups is 1.